The van der Waals surface area contributed by atoms with E-state index in [1.54, 1.807) is 11.9 Å². The fraction of sp³-hybridized carbons (Fsp3) is 0.542. The molecule has 1 aromatic carbocycles. The number of nitrogens with zero attached hydrogens (tertiary/aromatic N) is 3. The Bertz CT molecular complexity index is 975. The number of aromatic nitrogens is 2. The summed E-state index contributed by atoms with van der Waals surface area (Å²) >= 11 is 0. The number of rotatable bonds is 12. The Morgan fingerprint density at radius 2 is 1.92 bits per heavy atom. The number of halogens is 4. The lowest BCUT2D eigenvalue weighted by atomic mass is 10.0. The first-order valence-corrected chi connectivity index (χ1v) is 11.9. The molecule has 1 amide bonds. The van der Waals surface area contributed by atoms with Crippen molar-refractivity contribution >= 4 is 17.5 Å². The van der Waals surface area contributed by atoms with Crippen LogP contribution in [0, 0.1) is 5.82 Å². The van der Waals surface area contributed by atoms with Crippen molar-refractivity contribution in [3.8, 4) is 0 Å². The number of carbonyl (C=O) groups is 1. The minimum atomic E-state index is -4.43. The molecule has 1 atom stereocenters. The van der Waals surface area contributed by atoms with Crippen LogP contribution in [0.3, 0.4) is 0 Å². The van der Waals surface area contributed by atoms with Gasteiger partial charge in [-0.15, -0.1) is 0 Å². The Labute approximate surface area is 207 Å². The van der Waals surface area contributed by atoms with Gasteiger partial charge in [0.05, 0.1) is 24.8 Å². The minimum absolute atomic E-state index is 0.0168. The van der Waals surface area contributed by atoms with Crippen molar-refractivity contribution < 1.29 is 31.8 Å². The number of morpholine rings is 1. The number of carbonyl (C=O) groups excluding carboxylic acids is 1. The van der Waals surface area contributed by atoms with Gasteiger partial charge in [0, 0.05) is 39.8 Å². The lowest BCUT2D eigenvalue weighted by Gasteiger charge is -2.37. The van der Waals surface area contributed by atoms with E-state index in [0.717, 1.165) is 25.0 Å². The molecule has 12 heteroatoms. The molecular weight excluding hydrogens is 482 g/mol. The summed E-state index contributed by atoms with van der Waals surface area (Å²) in [5.74, 6) is -0.511. The van der Waals surface area contributed by atoms with E-state index in [1.807, 2.05) is 0 Å². The number of ether oxygens (including phenoxy) is 2. The quantitative estimate of drug-likeness (QED) is 0.328. The van der Waals surface area contributed by atoms with Gasteiger partial charge in [0.2, 0.25) is 11.7 Å². The molecule has 3 rings (SSSR count). The molecule has 0 aliphatic carbocycles. The molecule has 2 heterocycles. The molecular formula is C24H31F4N5O3. The van der Waals surface area contributed by atoms with Crippen LogP contribution < -0.4 is 15.5 Å². The summed E-state index contributed by atoms with van der Waals surface area (Å²) in [6.07, 6.45) is -0.612. The Morgan fingerprint density at radius 1 is 1.17 bits per heavy atom. The highest BCUT2D eigenvalue weighted by Gasteiger charge is 2.32. The molecule has 2 aromatic rings. The van der Waals surface area contributed by atoms with Crippen molar-refractivity contribution in [3.63, 3.8) is 0 Å². The van der Waals surface area contributed by atoms with Crippen LogP contribution in [-0.4, -0.2) is 62.4 Å². The second-order valence-electron chi connectivity index (χ2n) is 8.29. The van der Waals surface area contributed by atoms with E-state index >= 15 is 4.39 Å². The SMILES string of the molecule is CNC(=O)CCCOCCCCNc1ncnc(N2CCOCC2c2ccc(C(F)(F)F)cc2)c1F. The molecule has 0 radical (unpaired) electrons. The van der Waals surface area contributed by atoms with Gasteiger partial charge in [-0.25, -0.2) is 9.97 Å². The maximum atomic E-state index is 15.3. The van der Waals surface area contributed by atoms with E-state index in [9.17, 15) is 18.0 Å². The normalized spacial score (nSPS) is 16.1. The van der Waals surface area contributed by atoms with Crippen molar-refractivity contribution in [2.45, 2.75) is 37.9 Å². The van der Waals surface area contributed by atoms with Gasteiger partial charge >= 0.3 is 6.18 Å². The monoisotopic (exact) mass is 513 g/mol. The molecule has 8 nitrogen and oxygen atoms in total. The zero-order chi connectivity index (χ0) is 26.0. The molecule has 1 saturated heterocycles. The van der Waals surface area contributed by atoms with Crippen LogP contribution in [0.1, 0.15) is 42.9 Å². The van der Waals surface area contributed by atoms with E-state index in [2.05, 4.69) is 20.6 Å². The minimum Gasteiger partial charge on any atom is -0.381 e. The van der Waals surface area contributed by atoms with Gasteiger partial charge in [0.15, 0.2) is 11.6 Å². The zero-order valence-corrected chi connectivity index (χ0v) is 20.1. The van der Waals surface area contributed by atoms with Crippen molar-refractivity contribution in [3.05, 3.63) is 47.5 Å². The average molecular weight is 514 g/mol. The molecule has 36 heavy (non-hydrogen) atoms. The Morgan fingerprint density at radius 3 is 2.64 bits per heavy atom. The van der Waals surface area contributed by atoms with E-state index in [0.29, 0.717) is 51.3 Å². The molecule has 1 aromatic heterocycles. The Kier molecular flexibility index (Phi) is 10.2. The number of unbranched alkanes of at least 4 members (excludes halogenated alkanes) is 1. The van der Waals surface area contributed by atoms with Crippen molar-refractivity contribution in [1.82, 2.24) is 15.3 Å². The van der Waals surface area contributed by atoms with Crippen LogP contribution in [-0.2, 0) is 20.4 Å². The van der Waals surface area contributed by atoms with E-state index in [-0.39, 0.29) is 24.1 Å². The summed E-state index contributed by atoms with van der Waals surface area (Å²) in [4.78, 5) is 21.0. The second-order valence-corrected chi connectivity index (χ2v) is 8.29. The van der Waals surface area contributed by atoms with Crippen molar-refractivity contribution in [1.29, 1.82) is 0 Å². The summed E-state index contributed by atoms with van der Waals surface area (Å²) in [6.45, 7) is 2.38. The highest BCUT2D eigenvalue weighted by molar-refractivity contribution is 5.75. The van der Waals surface area contributed by atoms with Crippen LogP contribution in [0.15, 0.2) is 30.6 Å². The smallest absolute Gasteiger partial charge is 0.381 e. The van der Waals surface area contributed by atoms with E-state index in [4.69, 9.17) is 9.47 Å². The standard InChI is InChI=1S/C24H31F4N5O3/c1-29-20(34)5-4-13-35-12-3-2-10-30-22-21(25)23(32-16-31-22)33-11-14-36-15-19(33)17-6-8-18(9-7-17)24(26,27)28/h6-9,16,19H,2-5,10-15H2,1H3,(H,29,34)(H,30,31,32). The second kappa shape index (κ2) is 13.4. The number of anilines is 2. The number of nitrogens with one attached hydrogen (secondary N) is 2. The van der Waals surface area contributed by atoms with Crippen LogP contribution >= 0.6 is 0 Å². The first kappa shape index (κ1) is 27.6. The van der Waals surface area contributed by atoms with E-state index in [1.165, 1.54) is 18.5 Å². The predicted molar refractivity (Wildman–Crippen MR) is 126 cm³/mol. The number of hydrogen-bond acceptors (Lipinski definition) is 7. The van der Waals surface area contributed by atoms with Crippen LogP contribution in [0.25, 0.3) is 0 Å². The van der Waals surface area contributed by atoms with Gasteiger partial charge < -0.3 is 25.0 Å². The summed E-state index contributed by atoms with van der Waals surface area (Å²) < 4.78 is 65.1. The average Bonchev–Trinajstić information content (AvgIpc) is 2.88. The van der Waals surface area contributed by atoms with Crippen LogP contribution in [0.5, 0.6) is 0 Å². The molecule has 1 fully saturated rings. The third-order valence-corrected chi connectivity index (χ3v) is 5.77. The summed E-state index contributed by atoms with van der Waals surface area (Å²) in [5, 5.41) is 5.53. The molecule has 0 saturated carbocycles. The van der Waals surface area contributed by atoms with Gasteiger partial charge in [-0.3, -0.25) is 4.79 Å². The number of benzene rings is 1. The van der Waals surface area contributed by atoms with Gasteiger partial charge in [-0.05, 0) is 37.0 Å². The summed E-state index contributed by atoms with van der Waals surface area (Å²) in [6, 6.07) is 4.30. The van der Waals surface area contributed by atoms with Gasteiger partial charge in [-0.1, -0.05) is 12.1 Å². The first-order chi connectivity index (χ1) is 17.3. The fourth-order valence-corrected chi connectivity index (χ4v) is 3.81. The molecule has 2 N–H and O–H groups in total. The lowest BCUT2D eigenvalue weighted by molar-refractivity contribution is -0.137. The van der Waals surface area contributed by atoms with Gasteiger partial charge in [0.1, 0.15) is 6.33 Å². The third-order valence-electron chi connectivity index (χ3n) is 5.77. The zero-order valence-electron chi connectivity index (χ0n) is 20.1. The van der Waals surface area contributed by atoms with Gasteiger partial charge in [-0.2, -0.15) is 17.6 Å². The van der Waals surface area contributed by atoms with Crippen molar-refractivity contribution in [2.75, 3.05) is 56.8 Å². The highest BCUT2D eigenvalue weighted by Crippen LogP contribution is 2.34. The fourth-order valence-electron chi connectivity index (χ4n) is 3.81. The molecule has 198 valence electrons. The topological polar surface area (TPSA) is 88.6 Å². The molecule has 1 aliphatic rings. The van der Waals surface area contributed by atoms with Gasteiger partial charge in [0.25, 0.3) is 0 Å². The van der Waals surface area contributed by atoms with Crippen molar-refractivity contribution in [2.24, 2.45) is 0 Å². The number of alkyl halides is 3. The Balaban J connectivity index is 1.54. The maximum absolute atomic E-state index is 15.3. The largest absolute Gasteiger partial charge is 0.416 e. The highest BCUT2D eigenvalue weighted by atomic mass is 19.4. The molecule has 1 aliphatic heterocycles. The maximum Gasteiger partial charge on any atom is 0.416 e. The number of hydrogen-bond donors (Lipinski definition) is 2. The van der Waals surface area contributed by atoms with Crippen LogP contribution in [0.2, 0.25) is 0 Å². The molecule has 0 bridgehead atoms. The van der Waals surface area contributed by atoms with E-state index < -0.39 is 23.6 Å². The first-order valence-electron chi connectivity index (χ1n) is 11.9. The number of amides is 1. The Hall–Kier alpha value is -2.99. The van der Waals surface area contributed by atoms with Crippen LogP contribution in [0.4, 0.5) is 29.2 Å². The predicted octanol–water partition coefficient (Wildman–Crippen LogP) is 3.95. The summed E-state index contributed by atoms with van der Waals surface area (Å²) in [7, 11) is 1.60. The summed E-state index contributed by atoms with van der Waals surface area (Å²) in [5.41, 5.74) is -0.172. The molecule has 0 spiro atoms. The third kappa shape index (κ3) is 7.76. The molecule has 1 unspecified atom stereocenters. The lowest BCUT2D eigenvalue weighted by Crippen LogP contribution is -2.40.